The first-order valence-corrected chi connectivity index (χ1v) is 5.87. The van der Waals surface area contributed by atoms with Gasteiger partial charge in [0.1, 0.15) is 5.75 Å². The Morgan fingerprint density at radius 3 is 1.82 bits per heavy atom. The van der Waals surface area contributed by atoms with Crippen molar-refractivity contribution >= 4 is 17.1 Å². The van der Waals surface area contributed by atoms with Gasteiger partial charge in [-0.3, -0.25) is 0 Å². The fourth-order valence-electron chi connectivity index (χ4n) is 1.61. The van der Waals surface area contributed by atoms with Crippen LogP contribution in [-0.4, -0.2) is 12.0 Å². The molecule has 0 aliphatic heterocycles. The molecule has 2 heteroatoms. The van der Waals surface area contributed by atoms with Gasteiger partial charge < -0.3 is 4.74 Å². The van der Waals surface area contributed by atoms with Gasteiger partial charge in [-0.25, -0.2) is 0 Å². The zero-order valence-electron chi connectivity index (χ0n) is 9.94. The average molecular weight is 242 g/mol. The van der Waals surface area contributed by atoms with E-state index in [1.165, 1.54) is 5.56 Å². The third kappa shape index (κ3) is 2.71. The Bertz CT molecular complexity index is 512. The van der Waals surface area contributed by atoms with Gasteiger partial charge in [-0.05, 0) is 42.3 Å². The molecule has 0 aliphatic carbocycles. The van der Waals surface area contributed by atoms with Crippen LogP contribution in [0.4, 0.5) is 0 Å². The number of hydrogen-bond acceptors (Lipinski definition) is 2. The SMILES string of the molecule is COc1ccc(C(=S)c2ccc(C)cc2)cc1. The molecule has 0 heterocycles. The summed E-state index contributed by atoms with van der Waals surface area (Å²) in [6.07, 6.45) is 0. The molecule has 0 N–H and O–H groups in total. The molecule has 0 spiro atoms. The lowest BCUT2D eigenvalue weighted by atomic mass is 10.0. The Morgan fingerprint density at radius 2 is 1.35 bits per heavy atom. The van der Waals surface area contributed by atoms with E-state index in [0.29, 0.717) is 0 Å². The zero-order valence-corrected chi connectivity index (χ0v) is 10.8. The molecule has 86 valence electrons. The molecule has 1 nitrogen and oxygen atoms in total. The summed E-state index contributed by atoms with van der Waals surface area (Å²) < 4.78 is 5.13. The van der Waals surface area contributed by atoms with Crippen LogP contribution in [0.5, 0.6) is 5.75 Å². The number of methoxy groups -OCH3 is 1. The Hall–Kier alpha value is -1.67. The summed E-state index contributed by atoms with van der Waals surface area (Å²) >= 11 is 5.47. The minimum atomic E-state index is 0.848. The molecule has 2 aromatic carbocycles. The van der Waals surface area contributed by atoms with E-state index in [4.69, 9.17) is 17.0 Å². The van der Waals surface area contributed by atoms with Crippen LogP contribution in [-0.2, 0) is 0 Å². The fraction of sp³-hybridized carbons (Fsp3) is 0.133. The molecule has 0 saturated carbocycles. The van der Waals surface area contributed by atoms with Crippen molar-refractivity contribution in [2.45, 2.75) is 6.92 Å². The van der Waals surface area contributed by atoms with Crippen molar-refractivity contribution in [1.82, 2.24) is 0 Å². The molecule has 2 aromatic rings. The van der Waals surface area contributed by atoms with E-state index in [9.17, 15) is 0 Å². The Kier molecular flexibility index (Phi) is 3.55. The lowest BCUT2D eigenvalue weighted by Crippen LogP contribution is -1.99. The van der Waals surface area contributed by atoms with E-state index in [2.05, 4.69) is 31.2 Å². The second-order valence-electron chi connectivity index (χ2n) is 3.92. The first-order chi connectivity index (χ1) is 8.20. The van der Waals surface area contributed by atoms with Gasteiger partial charge in [0.05, 0.1) is 12.0 Å². The van der Waals surface area contributed by atoms with Gasteiger partial charge in [-0.1, -0.05) is 42.0 Å². The van der Waals surface area contributed by atoms with E-state index in [-0.39, 0.29) is 0 Å². The van der Waals surface area contributed by atoms with Crippen molar-refractivity contribution in [1.29, 1.82) is 0 Å². The fourth-order valence-corrected chi connectivity index (χ4v) is 1.89. The summed E-state index contributed by atoms with van der Waals surface area (Å²) in [5.74, 6) is 0.848. The van der Waals surface area contributed by atoms with E-state index < -0.39 is 0 Å². The van der Waals surface area contributed by atoms with E-state index in [1.807, 2.05) is 24.3 Å². The van der Waals surface area contributed by atoms with E-state index >= 15 is 0 Å². The molecular weight excluding hydrogens is 228 g/mol. The van der Waals surface area contributed by atoms with Crippen LogP contribution < -0.4 is 4.74 Å². The first kappa shape index (κ1) is 11.8. The lowest BCUT2D eigenvalue weighted by Gasteiger charge is -2.06. The van der Waals surface area contributed by atoms with Crippen molar-refractivity contribution < 1.29 is 4.74 Å². The molecule has 2 rings (SSSR count). The third-order valence-corrected chi connectivity index (χ3v) is 3.14. The first-order valence-electron chi connectivity index (χ1n) is 5.46. The maximum absolute atomic E-state index is 5.47. The molecule has 0 amide bonds. The van der Waals surface area contributed by atoms with Gasteiger partial charge in [-0.2, -0.15) is 0 Å². The molecule has 0 unspecified atom stereocenters. The van der Waals surface area contributed by atoms with Gasteiger partial charge in [0.25, 0.3) is 0 Å². The normalized spacial score (nSPS) is 10.0. The minimum absolute atomic E-state index is 0.848. The van der Waals surface area contributed by atoms with Gasteiger partial charge in [0.2, 0.25) is 0 Å². The van der Waals surface area contributed by atoms with Crippen molar-refractivity contribution in [2.24, 2.45) is 0 Å². The number of benzene rings is 2. The molecular formula is C15H14OS. The second kappa shape index (κ2) is 5.11. The zero-order chi connectivity index (χ0) is 12.3. The van der Waals surface area contributed by atoms with Gasteiger partial charge >= 0.3 is 0 Å². The maximum Gasteiger partial charge on any atom is 0.118 e. The predicted molar refractivity (Wildman–Crippen MR) is 75.0 cm³/mol. The summed E-state index contributed by atoms with van der Waals surface area (Å²) in [5, 5.41) is 0. The highest BCUT2D eigenvalue weighted by Gasteiger charge is 2.04. The third-order valence-electron chi connectivity index (χ3n) is 2.67. The van der Waals surface area contributed by atoms with Gasteiger partial charge in [0, 0.05) is 0 Å². The number of hydrogen-bond donors (Lipinski definition) is 0. The molecule has 0 aliphatic rings. The van der Waals surface area contributed by atoms with Crippen molar-refractivity contribution in [3.05, 3.63) is 65.2 Å². The summed E-state index contributed by atoms with van der Waals surface area (Å²) in [4.78, 5) is 0.868. The molecule has 0 aromatic heterocycles. The van der Waals surface area contributed by atoms with Crippen LogP contribution in [0.25, 0.3) is 0 Å². The van der Waals surface area contributed by atoms with Crippen LogP contribution in [0, 0.1) is 6.92 Å². The highest BCUT2D eigenvalue weighted by atomic mass is 32.1. The monoisotopic (exact) mass is 242 g/mol. The second-order valence-corrected chi connectivity index (χ2v) is 4.33. The van der Waals surface area contributed by atoms with E-state index in [1.54, 1.807) is 7.11 Å². The highest BCUT2D eigenvalue weighted by molar-refractivity contribution is 7.81. The number of rotatable bonds is 3. The molecule has 0 bridgehead atoms. The van der Waals surface area contributed by atoms with Crippen molar-refractivity contribution in [2.75, 3.05) is 7.11 Å². The van der Waals surface area contributed by atoms with E-state index in [0.717, 1.165) is 21.7 Å². The van der Waals surface area contributed by atoms with Gasteiger partial charge in [-0.15, -0.1) is 0 Å². The molecule has 0 saturated heterocycles. The topological polar surface area (TPSA) is 9.23 Å². The Labute approximate surface area is 107 Å². The predicted octanol–water partition coefficient (Wildman–Crippen LogP) is 3.77. The largest absolute Gasteiger partial charge is 0.497 e. The molecule has 0 atom stereocenters. The quantitative estimate of drug-likeness (QED) is 0.598. The standard InChI is InChI=1S/C15H14OS/c1-11-3-5-12(6-4-11)15(17)13-7-9-14(16-2)10-8-13/h3-10H,1-2H3. The van der Waals surface area contributed by atoms with Gasteiger partial charge in [0.15, 0.2) is 0 Å². The van der Waals surface area contributed by atoms with Crippen LogP contribution >= 0.6 is 12.2 Å². The summed E-state index contributed by atoms with van der Waals surface area (Å²) in [6, 6.07) is 16.1. The summed E-state index contributed by atoms with van der Waals surface area (Å²) in [7, 11) is 1.66. The Balaban J connectivity index is 2.27. The minimum Gasteiger partial charge on any atom is -0.497 e. The van der Waals surface area contributed by atoms with Crippen molar-refractivity contribution in [3.8, 4) is 5.75 Å². The van der Waals surface area contributed by atoms with Crippen LogP contribution in [0.1, 0.15) is 16.7 Å². The van der Waals surface area contributed by atoms with Crippen LogP contribution in [0.3, 0.4) is 0 Å². The maximum atomic E-state index is 5.47. The molecule has 0 fully saturated rings. The molecule has 0 radical (unpaired) electrons. The smallest absolute Gasteiger partial charge is 0.118 e. The number of ether oxygens (including phenoxy) is 1. The number of thiocarbonyl (C=S) groups is 1. The average Bonchev–Trinajstić information content (AvgIpc) is 2.39. The van der Waals surface area contributed by atoms with Crippen molar-refractivity contribution in [3.63, 3.8) is 0 Å². The Morgan fingerprint density at radius 1 is 0.882 bits per heavy atom. The summed E-state index contributed by atoms with van der Waals surface area (Å²) in [6.45, 7) is 2.07. The lowest BCUT2D eigenvalue weighted by molar-refractivity contribution is 0.415. The molecule has 17 heavy (non-hydrogen) atoms. The van der Waals surface area contributed by atoms with Crippen LogP contribution in [0.2, 0.25) is 0 Å². The summed E-state index contributed by atoms with van der Waals surface area (Å²) in [5.41, 5.74) is 3.37. The number of aryl methyl sites for hydroxylation is 1. The highest BCUT2D eigenvalue weighted by Crippen LogP contribution is 2.16. The van der Waals surface area contributed by atoms with Crippen LogP contribution in [0.15, 0.2) is 48.5 Å².